The molecule has 2 amide bonds. The quantitative estimate of drug-likeness (QED) is 0.320. The van der Waals surface area contributed by atoms with Crippen molar-refractivity contribution in [3.8, 4) is 5.75 Å². The lowest BCUT2D eigenvalue weighted by Gasteiger charge is -2.12. The Hall–Kier alpha value is -3.52. The van der Waals surface area contributed by atoms with Crippen LogP contribution in [0.25, 0.3) is 17.0 Å². The van der Waals surface area contributed by atoms with E-state index in [0.29, 0.717) is 13.2 Å². The number of thioether (sulfide) groups is 1. The predicted octanol–water partition coefficient (Wildman–Crippen LogP) is 4.96. The van der Waals surface area contributed by atoms with Crippen molar-refractivity contribution < 1.29 is 23.9 Å². The fourth-order valence-electron chi connectivity index (χ4n) is 3.57. The average molecular weight is 479 g/mol. The lowest BCUT2D eigenvalue weighted by atomic mass is 10.1. The summed E-state index contributed by atoms with van der Waals surface area (Å²) in [6.07, 6.45) is 3.66. The van der Waals surface area contributed by atoms with Gasteiger partial charge >= 0.3 is 5.97 Å². The van der Waals surface area contributed by atoms with Crippen molar-refractivity contribution in [3.05, 3.63) is 71.3 Å². The summed E-state index contributed by atoms with van der Waals surface area (Å²) in [5, 5.41) is 0.489. The number of fused-ring (bicyclic) bond motifs is 1. The minimum absolute atomic E-state index is 0.175. The maximum Gasteiger partial charge on any atom is 0.326 e. The molecule has 2 heterocycles. The van der Waals surface area contributed by atoms with Crippen LogP contribution in [0, 0.1) is 5.92 Å². The van der Waals surface area contributed by atoms with E-state index in [1.54, 1.807) is 6.08 Å². The number of carbonyl (C=O) groups is 3. The number of hydrogen-bond acceptors (Lipinski definition) is 6. The molecule has 176 valence electrons. The third kappa shape index (κ3) is 5.51. The zero-order valence-corrected chi connectivity index (χ0v) is 19.9. The lowest BCUT2D eigenvalue weighted by Crippen LogP contribution is -2.34. The van der Waals surface area contributed by atoms with E-state index in [2.05, 4.69) is 4.57 Å². The number of hydrogen-bond donors (Lipinski definition) is 0. The van der Waals surface area contributed by atoms with Crippen LogP contribution in [0.3, 0.4) is 0 Å². The predicted molar refractivity (Wildman–Crippen MR) is 132 cm³/mol. The van der Waals surface area contributed by atoms with Crippen LogP contribution in [-0.4, -0.2) is 46.3 Å². The van der Waals surface area contributed by atoms with E-state index < -0.39 is 17.1 Å². The summed E-state index contributed by atoms with van der Waals surface area (Å²) in [4.78, 5) is 38.5. The average Bonchev–Trinajstić information content (AvgIpc) is 3.30. The molecular formula is C26H26N2O5S. The van der Waals surface area contributed by atoms with E-state index in [0.717, 1.165) is 38.9 Å². The largest absolute Gasteiger partial charge is 0.492 e. The normalized spacial score (nSPS) is 15.0. The van der Waals surface area contributed by atoms with Gasteiger partial charge in [0.1, 0.15) is 18.9 Å². The Morgan fingerprint density at radius 1 is 1.06 bits per heavy atom. The summed E-state index contributed by atoms with van der Waals surface area (Å²) in [6.45, 7) is 4.80. The molecule has 4 rings (SSSR count). The van der Waals surface area contributed by atoms with Crippen molar-refractivity contribution >= 4 is 45.9 Å². The second-order valence-electron chi connectivity index (χ2n) is 8.30. The van der Waals surface area contributed by atoms with E-state index in [1.807, 2.05) is 74.6 Å². The molecule has 0 unspecified atom stereocenters. The van der Waals surface area contributed by atoms with Gasteiger partial charge in [0, 0.05) is 22.7 Å². The number of aromatic nitrogens is 1. The molecule has 0 N–H and O–H groups in total. The van der Waals surface area contributed by atoms with Crippen molar-refractivity contribution in [2.75, 3.05) is 19.8 Å². The fraction of sp³-hybridized carbons (Fsp3) is 0.269. The number of rotatable bonds is 9. The molecule has 0 radical (unpaired) electrons. The van der Waals surface area contributed by atoms with Crippen molar-refractivity contribution in [1.82, 2.24) is 9.47 Å². The summed E-state index contributed by atoms with van der Waals surface area (Å²) >= 11 is 0.833. The van der Waals surface area contributed by atoms with Gasteiger partial charge in [-0.25, -0.2) is 0 Å². The highest BCUT2D eigenvalue weighted by Gasteiger charge is 2.36. The minimum Gasteiger partial charge on any atom is -0.492 e. The van der Waals surface area contributed by atoms with E-state index in [1.165, 1.54) is 0 Å². The fourth-order valence-corrected chi connectivity index (χ4v) is 4.39. The van der Waals surface area contributed by atoms with E-state index in [9.17, 15) is 14.4 Å². The molecule has 1 aliphatic rings. The molecule has 1 fully saturated rings. The molecule has 2 aromatic carbocycles. The summed E-state index contributed by atoms with van der Waals surface area (Å²) in [5.74, 6) is -0.0954. The third-order valence-corrected chi connectivity index (χ3v) is 6.10. The number of carbonyl (C=O) groups excluding carboxylic acids is 3. The van der Waals surface area contributed by atoms with Gasteiger partial charge in [-0.3, -0.25) is 19.3 Å². The van der Waals surface area contributed by atoms with Gasteiger partial charge in [0.15, 0.2) is 0 Å². The molecule has 34 heavy (non-hydrogen) atoms. The van der Waals surface area contributed by atoms with Gasteiger partial charge in [-0.1, -0.05) is 50.2 Å². The van der Waals surface area contributed by atoms with E-state index >= 15 is 0 Å². The summed E-state index contributed by atoms with van der Waals surface area (Å²) in [7, 11) is 0. The Morgan fingerprint density at radius 2 is 1.79 bits per heavy atom. The maximum atomic E-state index is 12.8. The lowest BCUT2D eigenvalue weighted by molar-refractivity contribution is -0.147. The topological polar surface area (TPSA) is 77.8 Å². The first-order chi connectivity index (χ1) is 16.4. The number of ether oxygens (including phenoxy) is 2. The Kier molecular flexibility index (Phi) is 7.37. The highest BCUT2D eigenvalue weighted by molar-refractivity contribution is 8.18. The first-order valence-corrected chi connectivity index (χ1v) is 11.9. The van der Waals surface area contributed by atoms with Crippen LogP contribution in [0.4, 0.5) is 4.79 Å². The van der Waals surface area contributed by atoms with Crippen molar-refractivity contribution in [2.24, 2.45) is 5.92 Å². The van der Waals surface area contributed by atoms with Crippen LogP contribution in [0.5, 0.6) is 5.75 Å². The molecule has 0 spiro atoms. The number of benzene rings is 2. The number of para-hydroxylation sites is 2. The van der Waals surface area contributed by atoms with Gasteiger partial charge in [0.25, 0.3) is 11.1 Å². The second-order valence-corrected chi connectivity index (χ2v) is 9.29. The van der Waals surface area contributed by atoms with Gasteiger partial charge in [0.2, 0.25) is 0 Å². The van der Waals surface area contributed by atoms with Gasteiger partial charge in [-0.2, -0.15) is 0 Å². The summed E-state index contributed by atoms with van der Waals surface area (Å²) < 4.78 is 13.0. The maximum absolute atomic E-state index is 12.8. The Morgan fingerprint density at radius 3 is 2.56 bits per heavy atom. The molecule has 1 saturated heterocycles. The first-order valence-electron chi connectivity index (χ1n) is 11.1. The molecule has 0 aliphatic carbocycles. The van der Waals surface area contributed by atoms with Gasteiger partial charge in [-0.05, 0) is 42.0 Å². The minimum atomic E-state index is -0.590. The summed E-state index contributed by atoms with van der Waals surface area (Å²) in [6, 6.07) is 17.5. The number of amides is 2. The van der Waals surface area contributed by atoms with Crippen LogP contribution in [0.2, 0.25) is 0 Å². The first kappa shape index (κ1) is 23.6. The smallest absolute Gasteiger partial charge is 0.326 e. The highest BCUT2D eigenvalue weighted by Crippen LogP contribution is 2.34. The van der Waals surface area contributed by atoms with Crippen LogP contribution in [0.15, 0.2) is 65.7 Å². The van der Waals surface area contributed by atoms with Crippen LogP contribution in [0.1, 0.15) is 19.4 Å². The summed E-state index contributed by atoms with van der Waals surface area (Å²) in [5.41, 5.74) is 1.82. The van der Waals surface area contributed by atoms with Crippen molar-refractivity contribution in [2.45, 2.75) is 20.4 Å². The highest BCUT2D eigenvalue weighted by atomic mass is 32.2. The molecule has 7 nitrogen and oxygen atoms in total. The molecular weight excluding hydrogens is 452 g/mol. The monoisotopic (exact) mass is 478 g/mol. The standard InChI is InChI=1S/C26H26N2O5S/c1-18(2)17-33-24(29)16-28-25(30)23(34-26(28)31)14-19-15-27(22-11-7-6-10-21(19)22)12-13-32-20-8-4-3-5-9-20/h3-11,14-15,18H,12-13,16-17H2,1-2H3/b23-14-. The second kappa shape index (κ2) is 10.6. The molecule has 1 aromatic heterocycles. The van der Waals surface area contributed by atoms with Crippen LogP contribution < -0.4 is 4.74 Å². The molecule has 0 atom stereocenters. The SMILES string of the molecule is CC(C)COC(=O)CN1C(=O)S/C(=C\c2cn(CCOc3ccccc3)c3ccccc23)C1=O. The third-order valence-electron chi connectivity index (χ3n) is 5.19. The van der Waals surface area contributed by atoms with Gasteiger partial charge in [-0.15, -0.1) is 0 Å². The van der Waals surface area contributed by atoms with E-state index in [4.69, 9.17) is 9.47 Å². The number of nitrogens with zero attached hydrogens (tertiary/aromatic N) is 2. The Labute approximate surface area is 202 Å². The van der Waals surface area contributed by atoms with Gasteiger partial charge < -0.3 is 14.0 Å². The van der Waals surface area contributed by atoms with Crippen LogP contribution >= 0.6 is 11.8 Å². The molecule has 8 heteroatoms. The van der Waals surface area contributed by atoms with Gasteiger partial charge in [0.05, 0.1) is 18.1 Å². The number of imide groups is 1. The Bertz CT molecular complexity index is 1230. The van der Waals surface area contributed by atoms with Crippen molar-refractivity contribution in [3.63, 3.8) is 0 Å². The number of esters is 1. The molecule has 0 saturated carbocycles. The van der Waals surface area contributed by atoms with Crippen LogP contribution in [-0.2, 0) is 20.9 Å². The molecule has 3 aromatic rings. The Balaban J connectivity index is 1.50. The zero-order chi connectivity index (χ0) is 24.1. The molecule has 1 aliphatic heterocycles. The van der Waals surface area contributed by atoms with E-state index in [-0.39, 0.29) is 24.0 Å². The van der Waals surface area contributed by atoms with Crippen molar-refractivity contribution in [1.29, 1.82) is 0 Å². The molecule has 0 bridgehead atoms. The zero-order valence-electron chi connectivity index (χ0n) is 19.1.